The van der Waals surface area contributed by atoms with Crippen LogP contribution >= 0.6 is 11.3 Å². The van der Waals surface area contributed by atoms with E-state index >= 15 is 0 Å². The summed E-state index contributed by atoms with van der Waals surface area (Å²) in [6.07, 6.45) is 5.17. The lowest BCUT2D eigenvalue weighted by molar-refractivity contribution is -0.144. The summed E-state index contributed by atoms with van der Waals surface area (Å²) in [5.74, 6) is -0.377. The van der Waals surface area contributed by atoms with Crippen LogP contribution in [0.25, 0.3) is 21.7 Å². The molecule has 4 amide bonds. The molecule has 6 N–H and O–H groups in total. The van der Waals surface area contributed by atoms with Crippen molar-refractivity contribution in [1.29, 1.82) is 0 Å². The van der Waals surface area contributed by atoms with Gasteiger partial charge in [-0.2, -0.15) is 0 Å². The van der Waals surface area contributed by atoms with Crippen LogP contribution in [0.5, 0.6) is 5.75 Å². The third-order valence-corrected chi connectivity index (χ3v) is 12.7. The van der Waals surface area contributed by atoms with Crippen LogP contribution in [-0.2, 0) is 25.7 Å². The molecule has 6 rings (SSSR count). The predicted molar refractivity (Wildman–Crippen MR) is 241 cm³/mol. The highest BCUT2D eigenvalue weighted by molar-refractivity contribution is 7.13. The second-order valence-electron chi connectivity index (χ2n) is 17.5. The monoisotopic (exact) mass is 867 g/mol. The number of carbonyl (C=O) groups excluding carboxylic acids is 4. The number of aryl methyl sites for hydroxylation is 1. The average Bonchev–Trinajstić information content (AvgIpc) is 3.87. The first-order valence-corrected chi connectivity index (χ1v) is 22.6. The number of nitrogens with one attached hydrogen (secondary N) is 2. The molecule has 4 heterocycles. The maximum Gasteiger partial charge on any atom is 0.246 e. The number of amides is 4. The first kappa shape index (κ1) is 45.9. The number of hydrogen-bond donors (Lipinski definition) is 5. The number of anilines is 2. The number of phenols is 1. The van der Waals surface area contributed by atoms with Crippen LogP contribution in [0.3, 0.4) is 0 Å². The summed E-state index contributed by atoms with van der Waals surface area (Å²) in [5, 5.41) is 35.0. The molecule has 0 spiro atoms. The molecule has 2 fully saturated rings. The molecule has 0 aliphatic carbocycles. The van der Waals surface area contributed by atoms with Gasteiger partial charge in [0.2, 0.25) is 23.6 Å². The van der Waals surface area contributed by atoms with Crippen LogP contribution in [-0.4, -0.2) is 110 Å². The zero-order valence-corrected chi connectivity index (χ0v) is 37.1. The second-order valence-corrected chi connectivity index (χ2v) is 18.3. The van der Waals surface area contributed by atoms with Gasteiger partial charge in [-0.1, -0.05) is 82.9 Å². The number of rotatable bonds is 17. The van der Waals surface area contributed by atoms with Crippen LogP contribution in [0.15, 0.2) is 60.1 Å². The topological polar surface area (TPSA) is 207 Å². The van der Waals surface area contributed by atoms with Crippen molar-refractivity contribution in [2.75, 3.05) is 43.4 Å². The van der Waals surface area contributed by atoms with Crippen LogP contribution in [0.4, 0.5) is 11.5 Å². The van der Waals surface area contributed by atoms with Crippen LogP contribution in [0.2, 0.25) is 0 Å². The van der Waals surface area contributed by atoms with Crippen molar-refractivity contribution in [3.63, 3.8) is 0 Å². The van der Waals surface area contributed by atoms with Crippen LogP contribution in [0.1, 0.15) is 89.8 Å². The zero-order valence-electron chi connectivity index (χ0n) is 36.3. The highest BCUT2D eigenvalue weighted by Gasteiger charge is 2.44. The number of unbranched alkanes of at least 4 members (excludes halogenated alkanes) is 5. The SMILES string of the molecule is Cc1ncsc1-c1ccc(CNC(=O)[C@@H]2C[C@@H](O)CN2C(=O)C(NC(=O)CCCCCCCCC(=O)N2CCN(c3cc(-c4ccccc4O)nnc3N)CC2)C(C)(C)C)cc1. The molecule has 2 aliphatic heterocycles. The fraction of sp³-hybridized carbons (Fsp3) is 0.500. The number of aliphatic hydroxyl groups is 1. The highest BCUT2D eigenvalue weighted by Crippen LogP contribution is 2.32. The minimum atomic E-state index is -0.868. The summed E-state index contributed by atoms with van der Waals surface area (Å²) in [7, 11) is 0. The normalized spacial score (nSPS) is 17.2. The number of nitrogen functional groups attached to an aromatic ring is 1. The molecule has 0 saturated carbocycles. The lowest BCUT2D eigenvalue weighted by Gasteiger charge is -2.36. The summed E-state index contributed by atoms with van der Waals surface area (Å²) >= 11 is 1.58. The summed E-state index contributed by atoms with van der Waals surface area (Å²) in [5.41, 5.74) is 12.2. The number of nitrogens with two attached hydrogens (primary N) is 1. The Morgan fingerprint density at radius 3 is 2.26 bits per heavy atom. The lowest BCUT2D eigenvalue weighted by Crippen LogP contribution is -2.57. The van der Waals surface area contributed by atoms with Crippen LogP contribution in [0, 0.1) is 12.3 Å². The summed E-state index contributed by atoms with van der Waals surface area (Å²) in [6, 6.07) is 15.0. The Kier molecular flexibility index (Phi) is 15.5. The van der Waals surface area contributed by atoms with Gasteiger partial charge in [0, 0.05) is 64.1 Å². The Morgan fingerprint density at radius 2 is 1.60 bits per heavy atom. The van der Waals surface area contributed by atoms with Gasteiger partial charge >= 0.3 is 0 Å². The van der Waals surface area contributed by atoms with Crippen molar-refractivity contribution >= 4 is 46.5 Å². The number of aromatic nitrogens is 3. The number of para-hydroxylation sites is 1. The molecular weight excluding hydrogens is 807 g/mol. The number of carbonyl (C=O) groups is 4. The van der Waals surface area contributed by atoms with Gasteiger partial charge in [0.25, 0.3) is 0 Å². The minimum absolute atomic E-state index is 0.0217. The van der Waals surface area contributed by atoms with Crippen molar-refractivity contribution in [3.05, 3.63) is 71.4 Å². The second kappa shape index (κ2) is 21.0. The number of nitrogens with zero attached hydrogens (tertiary/aromatic N) is 6. The molecule has 2 saturated heterocycles. The molecular formula is C46H61N9O6S. The van der Waals surface area contributed by atoms with E-state index in [1.807, 2.05) is 74.5 Å². The van der Waals surface area contributed by atoms with Gasteiger partial charge in [-0.3, -0.25) is 19.2 Å². The fourth-order valence-electron chi connectivity index (χ4n) is 8.10. The van der Waals surface area contributed by atoms with Crippen molar-refractivity contribution in [3.8, 4) is 27.4 Å². The van der Waals surface area contributed by atoms with E-state index < -0.39 is 23.6 Å². The number of hydrogen-bond acceptors (Lipinski definition) is 12. The Morgan fingerprint density at radius 1 is 0.919 bits per heavy atom. The first-order chi connectivity index (χ1) is 29.7. The molecule has 16 heteroatoms. The van der Waals surface area contributed by atoms with Gasteiger partial charge in [0.05, 0.1) is 33.6 Å². The number of aromatic hydroxyl groups is 1. The van der Waals surface area contributed by atoms with Crippen LogP contribution < -0.4 is 21.3 Å². The minimum Gasteiger partial charge on any atom is -0.507 e. The molecule has 0 bridgehead atoms. The molecule has 15 nitrogen and oxygen atoms in total. The fourth-order valence-corrected chi connectivity index (χ4v) is 8.92. The molecule has 2 aliphatic rings. The maximum atomic E-state index is 14.0. The Labute approximate surface area is 368 Å². The Bertz CT molecular complexity index is 2170. The van der Waals surface area contributed by atoms with E-state index in [1.54, 1.807) is 29.5 Å². The molecule has 62 heavy (non-hydrogen) atoms. The molecule has 3 atom stereocenters. The van der Waals surface area contributed by atoms with Gasteiger partial charge in [-0.15, -0.1) is 21.5 Å². The first-order valence-electron chi connectivity index (χ1n) is 21.7. The number of phenolic OH excluding ortho intramolecular Hbond substituents is 1. The van der Waals surface area contributed by atoms with Gasteiger partial charge < -0.3 is 41.3 Å². The molecule has 2 aromatic heterocycles. The summed E-state index contributed by atoms with van der Waals surface area (Å²) < 4.78 is 0. The zero-order chi connectivity index (χ0) is 44.4. The van der Waals surface area contributed by atoms with Gasteiger partial charge in [0.1, 0.15) is 17.8 Å². The summed E-state index contributed by atoms with van der Waals surface area (Å²) in [6.45, 7) is 10.3. The predicted octanol–water partition coefficient (Wildman–Crippen LogP) is 5.44. The third kappa shape index (κ3) is 11.8. The standard InChI is InChI=1S/C46H61N9O6S/c1-30-41(62-29-49-30)32-19-17-31(18-20-32)27-48-44(60)37-25-33(56)28-55(37)45(61)42(46(2,3)4)50-39(58)15-9-7-5-6-8-10-16-40(59)54-23-21-53(22-24-54)36-26-35(51-52-43(36)47)34-13-11-12-14-38(34)57/h11-14,17-20,26,29,33,37,42,56-57H,5-10,15-16,21-25,27-28H2,1-4H3,(H2,47,52)(H,48,60)(H,50,58)/t33-,37+,42?/m1/s1. The van der Waals surface area contributed by atoms with E-state index in [-0.39, 0.29) is 55.3 Å². The van der Waals surface area contributed by atoms with E-state index in [1.165, 1.54) is 4.90 Å². The van der Waals surface area contributed by atoms with Crippen molar-refractivity contribution in [2.24, 2.45) is 5.41 Å². The quantitative estimate of drug-likeness (QED) is 0.0845. The number of aliphatic hydroxyl groups excluding tert-OH is 1. The van der Waals surface area contributed by atoms with Gasteiger partial charge in [-0.25, -0.2) is 4.98 Å². The van der Waals surface area contributed by atoms with E-state index in [0.717, 1.165) is 59.5 Å². The van der Waals surface area contributed by atoms with Crippen molar-refractivity contribution in [2.45, 2.75) is 110 Å². The maximum absolute atomic E-state index is 14.0. The van der Waals surface area contributed by atoms with Gasteiger partial charge in [0.15, 0.2) is 5.82 Å². The van der Waals surface area contributed by atoms with Gasteiger partial charge in [-0.05, 0) is 54.5 Å². The Balaban J connectivity index is 0.872. The number of piperazine rings is 1. The lowest BCUT2D eigenvalue weighted by atomic mass is 9.85. The average molecular weight is 868 g/mol. The van der Waals surface area contributed by atoms with E-state index in [2.05, 4.69) is 30.7 Å². The smallest absolute Gasteiger partial charge is 0.246 e. The number of benzene rings is 2. The molecule has 0 radical (unpaired) electrons. The summed E-state index contributed by atoms with van der Waals surface area (Å²) in [4.78, 5) is 64.4. The third-order valence-electron chi connectivity index (χ3n) is 11.7. The van der Waals surface area contributed by atoms with E-state index in [9.17, 15) is 29.4 Å². The molecule has 4 aromatic rings. The number of β-amino-alcohol motifs (C(OH)–C–C–N with tert-alkyl or cyclic N) is 1. The molecule has 2 aromatic carbocycles. The van der Waals surface area contributed by atoms with E-state index in [0.29, 0.717) is 56.1 Å². The molecule has 332 valence electrons. The Hall–Kier alpha value is -5.61. The van der Waals surface area contributed by atoms with E-state index in [4.69, 9.17) is 5.73 Å². The number of thiazole rings is 1. The number of likely N-dealkylation sites (tertiary alicyclic amines) is 1. The largest absolute Gasteiger partial charge is 0.507 e. The highest BCUT2D eigenvalue weighted by atomic mass is 32.1. The molecule has 1 unspecified atom stereocenters. The van der Waals surface area contributed by atoms with Crippen molar-refractivity contribution < 1.29 is 29.4 Å². The van der Waals surface area contributed by atoms with Crippen molar-refractivity contribution in [1.82, 2.24) is 35.6 Å².